The average molecular weight is 370 g/mol. The fraction of sp³-hybridized carbons (Fsp3) is 0.474. The van der Waals surface area contributed by atoms with Crippen LogP contribution in [0.2, 0.25) is 0 Å². The van der Waals surface area contributed by atoms with Crippen molar-refractivity contribution < 1.29 is 9.59 Å². The normalized spacial score (nSPS) is 22.6. The van der Waals surface area contributed by atoms with Crippen LogP contribution in [0.5, 0.6) is 0 Å². The monoisotopic (exact) mass is 370 g/mol. The van der Waals surface area contributed by atoms with E-state index in [1.54, 1.807) is 11.7 Å². The highest BCUT2D eigenvalue weighted by atomic mass is 32.1. The number of rotatable bonds is 3. The number of hydrogen-bond acceptors (Lipinski definition) is 5. The van der Waals surface area contributed by atoms with E-state index in [0.717, 1.165) is 29.8 Å². The molecule has 26 heavy (non-hydrogen) atoms. The molecular weight excluding hydrogens is 348 g/mol. The van der Waals surface area contributed by atoms with E-state index in [1.807, 2.05) is 35.1 Å². The molecular formula is C19H22N4O2S. The molecule has 2 bridgehead atoms. The number of nitrogens with zero attached hydrogens (tertiary/aromatic N) is 4. The summed E-state index contributed by atoms with van der Waals surface area (Å²) in [5, 5.41) is 1.98. The summed E-state index contributed by atoms with van der Waals surface area (Å²) in [5.74, 6) is 0.0133. The lowest BCUT2D eigenvalue weighted by Gasteiger charge is -2.35. The molecule has 3 aliphatic rings. The molecule has 0 spiro atoms. The first-order valence-electron chi connectivity index (χ1n) is 8.93. The van der Waals surface area contributed by atoms with Gasteiger partial charge >= 0.3 is 0 Å². The molecule has 2 atom stereocenters. The van der Waals surface area contributed by atoms with Crippen molar-refractivity contribution in [2.45, 2.75) is 39.3 Å². The van der Waals surface area contributed by atoms with Gasteiger partial charge in [-0.3, -0.25) is 14.6 Å². The molecule has 2 aromatic rings. The lowest BCUT2D eigenvalue weighted by Crippen LogP contribution is -2.47. The van der Waals surface area contributed by atoms with Gasteiger partial charge in [0.1, 0.15) is 0 Å². The van der Waals surface area contributed by atoms with E-state index in [4.69, 9.17) is 0 Å². The van der Waals surface area contributed by atoms with Crippen LogP contribution in [0.4, 0.5) is 0 Å². The van der Waals surface area contributed by atoms with Crippen LogP contribution in [0.25, 0.3) is 0 Å². The lowest BCUT2D eigenvalue weighted by molar-refractivity contribution is -0.140. The Kier molecular flexibility index (Phi) is 4.48. The zero-order chi connectivity index (χ0) is 18.3. The Morgan fingerprint density at radius 1 is 1.27 bits per heavy atom. The number of aryl methyl sites for hydroxylation is 2. The Hall–Kier alpha value is -2.28. The van der Waals surface area contributed by atoms with Crippen molar-refractivity contribution in [1.29, 1.82) is 0 Å². The first kappa shape index (κ1) is 17.1. The van der Waals surface area contributed by atoms with Gasteiger partial charge < -0.3 is 9.80 Å². The van der Waals surface area contributed by atoms with E-state index < -0.39 is 0 Å². The van der Waals surface area contributed by atoms with Crippen molar-refractivity contribution in [2.75, 3.05) is 13.1 Å². The number of aromatic nitrogens is 2. The molecule has 3 fully saturated rings. The molecule has 0 aliphatic carbocycles. The molecule has 0 N–H and O–H groups in total. The first-order valence-corrected chi connectivity index (χ1v) is 9.87. The number of thiazole rings is 1. The Morgan fingerprint density at radius 3 is 2.85 bits per heavy atom. The number of amides is 2. The number of pyridine rings is 1. The smallest absolute Gasteiger partial charge is 0.255 e. The Labute approximate surface area is 156 Å². The molecule has 5 rings (SSSR count). The second-order valence-electron chi connectivity index (χ2n) is 7.21. The van der Waals surface area contributed by atoms with Gasteiger partial charge in [-0.2, -0.15) is 0 Å². The molecule has 3 saturated heterocycles. The minimum atomic E-state index is -0.115. The fourth-order valence-corrected chi connectivity index (χ4v) is 4.40. The van der Waals surface area contributed by atoms with Crippen LogP contribution in [0.15, 0.2) is 23.2 Å². The number of piperidine rings is 1. The van der Waals surface area contributed by atoms with Crippen molar-refractivity contribution >= 4 is 23.2 Å². The van der Waals surface area contributed by atoms with Gasteiger partial charge in [-0.25, -0.2) is 4.98 Å². The van der Waals surface area contributed by atoms with E-state index >= 15 is 0 Å². The third-order valence-corrected chi connectivity index (χ3v) is 6.12. The highest BCUT2D eigenvalue weighted by Gasteiger charge is 2.42. The standard InChI is InChI=1S/C19H22N4O2S/c1-12-5-15(6-20-13(12)2)18(24)22-7-14-3-4-17(9-22)23(19(14)25)8-16-10-26-11-21-16/h5-6,10-11,14,17H,3-4,7-9H2,1-2H3. The summed E-state index contributed by atoms with van der Waals surface area (Å²) in [6.45, 7) is 5.51. The number of carbonyl (C=O) groups excluding carboxylic acids is 2. The van der Waals surface area contributed by atoms with Crippen LogP contribution in [0.3, 0.4) is 0 Å². The van der Waals surface area contributed by atoms with Gasteiger partial charge in [0, 0.05) is 36.4 Å². The lowest BCUT2D eigenvalue weighted by atomic mass is 9.94. The van der Waals surface area contributed by atoms with Gasteiger partial charge in [0.2, 0.25) is 5.91 Å². The summed E-state index contributed by atoms with van der Waals surface area (Å²) in [7, 11) is 0. The highest BCUT2D eigenvalue weighted by Crippen LogP contribution is 2.31. The topological polar surface area (TPSA) is 66.4 Å². The number of fused-ring (bicyclic) bond motifs is 4. The molecule has 0 radical (unpaired) electrons. The second-order valence-corrected chi connectivity index (χ2v) is 7.93. The quantitative estimate of drug-likeness (QED) is 0.832. The molecule has 5 heterocycles. The Morgan fingerprint density at radius 2 is 2.12 bits per heavy atom. The SMILES string of the molecule is Cc1cc(C(=O)N2CC3CCC(C2)N(Cc2cscn2)C3=O)cnc1C. The van der Waals surface area contributed by atoms with Gasteiger partial charge in [0.15, 0.2) is 0 Å². The van der Waals surface area contributed by atoms with Gasteiger partial charge in [-0.05, 0) is 38.3 Å². The minimum absolute atomic E-state index is 0.0270. The largest absolute Gasteiger partial charge is 0.336 e. The predicted octanol–water partition coefficient (Wildman–Crippen LogP) is 2.42. The van der Waals surface area contributed by atoms with Crippen molar-refractivity contribution in [2.24, 2.45) is 5.92 Å². The van der Waals surface area contributed by atoms with Crippen LogP contribution in [0, 0.1) is 19.8 Å². The molecule has 7 heteroatoms. The Balaban J connectivity index is 1.56. The zero-order valence-corrected chi connectivity index (χ0v) is 15.8. The van der Waals surface area contributed by atoms with E-state index in [1.165, 1.54) is 11.3 Å². The summed E-state index contributed by atoms with van der Waals surface area (Å²) in [6.07, 6.45) is 3.44. The summed E-state index contributed by atoms with van der Waals surface area (Å²) in [4.78, 5) is 38.3. The zero-order valence-electron chi connectivity index (χ0n) is 15.0. The molecule has 136 valence electrons. The van der Waals surface area contributed by atoms with Crippen LogP contribution >= 0.6 is 11.3 Å². The molecule has 2 aromatic heterocycles. The minimum Gasteiger partial charge on any atom is -0.336 e. The van der Waals surface area contributed by atoms with E-state index in [-0.39, 0.29) is 23.8 Å². The molecule has 6 nitrogen and oxygen atoms in total. The van der Waals surface area contributed by atoms with Crippen LogP contribution in [-0.4, -0.2) is 50.7 Å². The van der Waals surface area contributed by atoms with Crippen molar-refractivity contribution in [3.8, 4) is 0 Å². The van der Waals surface area contributed by atoms with Gasteiger partial charge in [-0.1, -0.05) is 0 Å². The molecule has 3 aliphatic heterocycles. The third kappa shape index (κ3) is 3.11. The van der Waals surface area contributed by atoms with Crippen molar-refractivity contribution in [1.82, 2.24) is 19.8 Å². The maximum atomic E-state index is 13.0. The summed E-state index contributed by atoms with van der Waals surface area (Å²) < 4.78 is 0. The van der Waals surface area contributed by atoms with Crippen LogP contribution in [0.1, 0.15) is 40.2 Å². The van der Waals surface area contributed by atoms with Crippen LogP contribution in [-0.2, 0) is 11.3 Å². The van der Waals surface area contributed by atoms with Crippen molar-refractivity contribution in [3.05, 3.63) is 45.7 Å². The van der Waals surface area contributed by atoms with E-state index in [9.17, 15) is 9.59 Å². The fourth-order valence-electron chi connectivity index (χ4n) is 3.85. The molecule has 2 amide bonds. The number of hydrogen-bond donors (Lipinski definition) is 0. The van der Waals surface area contributed by atoms with Gasteiger partial charge in [0.25, 0.3) is 5.91 Å². The molecule has 0 saturated carbocycles. The average Bonchev–Trinajstić information content (AvgIpc) is 3.00. The summed E-state index contributed by atoms with van der Waals surface area (Å²) >= 11 is 1.54. The predicted molar refractivity (Wildman–Crippen MR) is 98.8 cm³/mol. The van der Waals surface area contributed by atoms with E-state index in [2.05, 4.69) is 9.97 Å². The maximum Gasteiger partial charge on any atom is 0.255 e. The summed E-state index contributed by atoms with van der Waals surface area (Å²) in [6, 6.07) is 1.96. The van der Waals surface area contributed by atoms with Gasteiger partial charge in [-0.15, -0.1) is 11.3 Å². The highest BCUT2D eigenvalue weighted by molar-refractivity contribution is 7.07. The second kappa shape index (κ2) is 6.79. The molecule has 0 aromatic carbocycles. The first-order chi connectivity index (χ1) is 12.5. The van der Waals surface area contributed by atoms with Crippen LogP contribution < -0.4 is 0 Å². The van der Waals surface area contributed by atoms with E-state index in [0.29, 0.717) is 25.2 Å². The summed E-state index contributed by atoms with van der Waals surface area (Å²) in [5.41, 5.74) is 5.26. The molecule has 2 unspecified atom stereocenters. The maximum absolute atomic E-state index is 13.0. The van der Waals surface area contributed by atoms with Gasteiger partial charge in [0.05, 0.1) is 29.2 Å². The third-order valence-electron chi connectivity index (χ3n) is 5.48. The van der Waals surface area contributed by atoms with Crippen molar-refractivity contribution in [3.63, 3.8) is 0 Å². The number of carbonyl (C=O) groups is 2. The Bertz CT molecular complexity index is 836.